The van der Waals surface area contributed by atoms with Gasteiger partial charge in [0.25, 0.3) is 0 Å². The van der Waals surface area contributed by atoms with E-state index in [0.29, 0.717) is 35.4 Å². The third-order valence-corrected chi connectivity index (χ3v) is 7.58. The molecular weight excluding hydrogens is 442 g/mol. The molecule has 0 radical (unpaired) electrons. The number of carbonyl (C=O) groups is 1. The van der Waals surface area contributed by atoms with Crippen LogP contribution in [0.25, 0.3) is 0 Å². The predicted octanol–water partition coefficient (Wildman–Crippen LogP) is 1.10. The third-order valence-electron chi connectivity index (χ3n) is 4.90. The molecule has 170 valence electrons. The van der Waals surface area contributed by atoms with E-state index in [1.165, 1.54) is 4.68 Å². The first-order valence-electron chi connectivity index (χ1n) is 9.92. The fraction of sp³-hybridized carbons (Fsp3) is 0.526. The average molecular weight is 470 g/mol. The van der Waals surface area contributed by atoms with Gasteiger partial charge >= 0.3 is 0 Å². The molecule has 1 saturated heterocycles. The van der Waals surface area contributed by atoms with Crippen LogP contribution in [0, 0.1) is 0 Å². The molecule has 1 aliphatic rings. The largest absolute Gasteiger partial charge is 0.497 e. The molecule has 0 saturated carbocycles. The van der Waals surface area contributed by atoms with E-state index in [1.807, 2.05) is 19.1 Å². The number of benzene rings is 1. The number of aromatic nitrogens is 3. The van der Waals surface area contributed by atoms with Crippen molar-refractivity contribution in [3.8, 4) is 11.5 Å². The number of methoxy groups -OCH3 is 1. The lowest BCUT2D eigenvalue weighted by Gasteiger charge is -2.27. The zero-order valence-corrected chi connectivity index (χ0v) is 19.2. The number of nitrogen functional groups attached to an aromatic ring is 1. The van der Waals surface area contributed by atoms with Gasteiger partial charge in [-0.25, -0.2) is 13.1 Å². The monoisotopic (exact) mass is 469 g/mol. The van der Waals surface area contributed by atoms with Crippen molar-refractivity contribution < 1.29 is 22.7 Å². The van der Waals surface area contributed by atoms with E-state index < -0.39 is 9.84 Å². The van der Waals surface area contributed by atoms with Crippen molar-refractivity contribution in [3.63, 3.8) is 0 Å². The first kappa shape index (κ1) is 23.2. The number of nitrogens with zero attached hydrogens (tertiary/aromatic N) is 4. The van der Waals surface area contributed by atoms with Crippen molar-refractivity contribution in [2.45, 2.75) is 37.6 Å². The molecule has 1 fully saturated rings. The molecule has 3 rings (SSSR count). The van der Waals surface area contributed by atoms with Gasteiger partial charge in [0, 0.05) is 18.7 Å². The van der Waals surface area contributed by atoms with Gasteiger partial charge in [-0.3, -0.25) is 4.79 Å². The summed E-state index contributed by atoms with van der Waals surface area (Å²) in [6, 6.07) is 6.90. The van der Waals surface area contributed by atoms with E-state index in [4.69, 9.17) is 15.3 Å². The molecule has 1 aliphatic heterocycles. The second-order valence-electron chi connectivity index (χ2n) is 7.17. The molecular formula is C19H27N5O5S2. The predicted molar refractivity (Wildman–Crippen MR) is 117 cm³/mol. The lowest BCUT2D eigenvalue weighted by molar-refractivity contribution is -0.130. The number of amides is 1. The molecule has 0 aliphatic carbocycles. The Morgan fingerprint density at radius 1 is 1.35 bits per heavy atom. The van der Waals surface area contributed by atoms with Crippen LogP contribution in [0.5, 0.6) is 11.5 Å². The zero-order chi connectivity index (χ0) is 22.4. The van der Waals surface area contributed by atoms with Crippen molar-refractivity contribution in [1.29, 1.82) is 0 Å². The lowest BCUT2D eigenvalue weighted by atomic mass is 10.2. The molecule has 0 bridgehead atoms. The van der Waals surface area contributed by atoms with E-state index in [9.17, 15) is 13.2 Å². The number of sulfone groups is 1. The summed E-state index contributed by atoms with van der Waals surface area (Å²) in [4.78, 5) is 14.4. The van der Waals surface area contributed by atoms with Crippen LogP contribution in [0.2, 0.25) is 0 Å². The van der Waals surface area contributed by atoms with E-state index in [1.54, 1.807) is 24.1 Å². The highest BCUT2D eigenvalue weighted by molar-refractivity contribution is 7.99. The van der Waals surface area contributed by atoms with Crippen molar-refractivity contribution in [1.82, 2.24) is 19.8 Å². The van der Waals surface area contributed by atoms with E-state index in [0.717, 1.165) is 18.2 Å². The minimum Gasteiger partial charge on any atom is -0.497 e. The Labute approximate surface area is 186 Å². The molecule has 2 heterocycles. The quantitative estimate of drug-likeness (QED) is 0.401. The van der Waals surface area contributed by atoms with Gasteiger partial charge in [0.1, 0.15) is 18.1 Å². The number of rotatable bonds is 10. The number of carbonyl (C=O) groups excluding carboxylic acids is 1. The second kappa shape index (κ2) is 10.2. The molecule has 1 atom stereocenters. The van der Waals surface area contributed by atoms with Gasteiger partial charge in [-0.1, -0.05) is 24.8 Å². The summed E-state index contributed by atoms with van der Waals surface area (Å²) in [5, 5.41) is 8.46. The molecule has 0 spiro atoms. The fourth-order valence-electron chi connectivity index (χ4n) is 3.33. The highest BCUT2D eigenvalue weighted by Crippen LogP contribution is 2.22. The first-order chi connectivity index (χ1) is 14.8. The van der Waals surface area contributed by atoms with Crippen LogP contribution < -0.4 is 15.3 Å². The van der Waals surface area contributed by atoms with Crippen molar-refractivity contribution >= 4 is 27.5 Å². The van der Waals surface area contributed by atoms with E-state index in [-0.39, 0.29) is 35.8 Å². The van der Waals surface area contributed by atoms with Crippen LogP contribution in [0.4, 0.5) is 0 Å². The van der Waals surface area contributed by atoms with E-state index in [2.05, 4.69) is 10.2 Å². The minimum absolute atomic E-state index is 0.0300. The van der Waals surface area contributed by atoms with Crippen LogP contribution in [-0.2, 0) is 21.2 Å². The average Bonchev–Trinajstić information content (AvgIpc) is 3.30. The van der Waals surface area contributed by atoms with Gasteiger partial charge in [0.05, 0.1) is 24.4 Å². The summed E-state index contributed by atoms with van der Waals surface area (Å²) in [7, 11) is -1.49. The minimum atomic E-state index is -3.07. The first-order valence-corrected chi connectivity index (χ1v) is 12.7. The maximum atomic E-state index is 12.8. The van der Waals surface area contributed by atoms with Crippen LogP contribution in [0.1, 0.15) is 25.6 Å². The maximum absolute atomic E-state index is 12.8. The maximum Gasteiger partial charge on any atom is 0.233 e. The van der Waals surface area contributed by atoms with Crippen LogP contribution in [0.3, 0.4) is 0 Å². The Bertz CT molecular complexity index is 1010. The number of nitrogens with two attached hydrogens (primary N) is 1. The molecule has 10 nitrogen and oxygen atoms in total. The number of ether oxygens (including phenoxy) is 2. The number of hydrogen-bond donors (Lipinski definition) is 1. The smallest absolute Gasteiger partial charge is 0.233 e. The molecule has 1 aromatic carbocycles. The topological polar surface area (TPSA) is 130 Å². The Hall–Kier alpha value is -2.47. The molecule has 31 heavy (non-hydrogen) atoms. The summed E-state index contributed by atoms with van der Waals surface area (Å²) in [6.45, 7) is 2.59. The van der Waals surface area contributed by atoms with Gasteiger partial charge in [-0.2, -0.15) is 0 Å². The molecule has 1 unspecified atom stereocenters. The van der Waals surface area contributed by atoms with Gasteiger partial charge in [-0.05, 0) is 25.0 Å². The molecule has 12 heteroatoms. The van der Waals surface area contributed by atoms with E-state index >= 15 is 0 Å². The number of thioether (sulfide) groups is 1. The molecule has 1 amide bonds. The normalized spacial score (nSPS) is 17.4. The molecule has 2 aromatic rings. The SMILES string of the molecule is CCCN(C(=O)CSc1nnc(COc2cccc(OC)c2)n1N)C1CCS(=O)(=O)C1. The van der Waals surface area contributed by atoms with Crippen molar-refractivity contribution in [2.75, 3.05) is 36.8 Å². The van der Waals surface area contributed by atoms with Gasteiger partial charge in [0.15, 0.2) is 15.7 Å². The Morgan fingerprint density at radius 2 is 2.13 bits per heavy atom. The second-order valence-corrected chi connectivity index (χ2v) is 10.3. The molecule has 2 N–H and O–H groups in total. The Morgan fingerprint density at radius 3 is 2.81 bits per heavy atom. The van der Waals surface area contributed by atoms with Crippen LogP contribution in [0.15, 0.2) is 29.4 Å². The summed E-state index contributed by atoms with van der Waals surface area (Å²) >= 11 is 1.16. The lowest BCUT2D eigenvalue weighted by Crippen LogP contribution is -2.42. The Kier molecular flexibility index (Phi) is 7.65. The van der Waals surface area contributed by atoms with Gasteiger partial charge in [0.2, 0.25) is 11.1 Å². The van der Waals surface area contributed by atoms with Crippen LogP contribution in [-0.4, -0.2) is 71.1 Å². The highest BCUT2D eigenvalue weighted by atomic mass is 32.2. The van der Waals surface area contributed by atoms with Gasteiger partial charge in [-0.15, -0.1) is 10.2 Å². The summed E-state index contributed by atoms with van der Waals surface area (Å²) in [5.74, 6) is 7.88. The fourth-order valence-corrected chi connectivity index (χ4v) is 5.82. The number of hydrogen-bond acceptors (Lipinski definition) is 9. The van der Waals surface area contributed by atoms with Crippen molar-refractivity contribution in [3.05, 3.63) is 30.1 Å². The van der Waals surface area contributed by atoms with Crippen LogP contribution >= 0.6 is 11.8 Å². The zero-order valence-electron chi connectivity index (χ0n) is 17.6. The molecule has 1 aromatic heterocycles. The third kappa shape index (κ3) is 6.03. The van der Waals surface area contributed by atoms with Gasteiger partial charge < -0.3 is 20.2 Å². The summed E-state index contributed by atoms with van der Waals surface area (Å²) in [6.07, 6.45) is 1.24. The summed E-state index contributed by atoms with van der Waals surface area (Å²) < 4.78 is 35.7. The highest BCUT2D eigenvalue weighted by Gasteiger charge is 2.34. The summed E-state index contributed by atoms with van der Waals surface area (Å²) in [5.41, 5.74) is 0. The standard InChI is InChI=1S/C19H27N5O5S2/c1-3-8-23(14-7-9-31(26,27)13-14)18(25)12-30-19-22-21-17(24(19)20)11-29-16-6-4-5-15(10-16)28-2/h4-6,10,14H,3,7-9,11-13,20H2,1-2H3. The van der Waals surface area contributed by atoms with Crippen molar-refractivity contribution in [2.24, 2.45) is 0 Å². The Balaban J connectivity index is 1.57.